The Hall–Kier alpha value is -0.130. The van der Waals surface area contributed by atoms with Crippen LogP contribution in [-0.2, 0) is 10.0 Å². The highest BCUT2D eigenvalue weighted by atomic mass is 32.2. The van der Waals surface area contributed by atoms with Crippen molar-refractivity contribution in [1.82, 2.24) is 9.62 Å². The number of hydrogen-bond donors (Lipinski definition) is 1. The molecule has 1 heterocycles. The Morgan fingerprint density at radius 2 is 2.06 bits per heavy atom. The summed E-state index contributed by atoms with van der Waals surface area (Å²) in [6.45, 7) is 7.37. The van der Waals surface area contributed by atoms with E-state index < -0.39 is 10.0 Å². The monoisotopic (exact) mass is 262 g/mol. The molecule has 0 saturated carbocycles. The maximum Gasteiger partial charge on any atom is 0.214 e. The summed E-state index contributed by atoms with van der Waals surface area (Å²) in [6, 6.07) is 0. The molecule has 1 atom stereocenters. The Balaban J connectivity index is 2.40. The average Bonchev–Trinajstić information content (AvgIpc) is 2.50. The lowest BCUT2D eigenvalue weighted by Gasteiger charge is -2.20. The summed E-state index contributed by atoms with van der Waals surface area (Å²) < 4.78 is 25.9. The molecular weight excluding hydrogens is 236 g/mol. The van der Waals surface area contributed by atoms with Gasteiger partial charge in [-0.25, -0.2) is 12.7 Å². The minimum absolute atomic E-state index is 0.286. The molecule has 0 amide bonds. The van der Waals surface area contributed by atoms with Gasteiger partial charge in [0.15, 0.2) is 0 Å². The molecule has 1 aliphatic heterocycles. The van der Waals surface area contributed by atoms with Crippen molar-refractivity contribution in [2.75, 3.05) is 31.9 Å². The van der Waals surface area contributed by atoms with E-state index in [0.29, 0.717) is 25.4 Å². The molecule has 0 aromatic carbocycles. The van der Waals surface area contributed by atoms with Crippen molar-refractivity contribution in [1.29, 1.82) is 0 Å². The first-order valence-corrected chi connectivity index (χ1v) is 8.35. The molecule has 0 aliphatic carbocycles. The smallest absolute Gasteiger partial charge is 0.214 e. The van der Waals surface area contributed by atoms with Gasteiger partial charge < -0.3 is 5.32 Å². The minimum Gasteiger partial charge on any atom is -0.317 e. The number of nitrogens with zero attached hydrogens (tertiary/aromatic N) is 1. The van der Waals surface area contributed by atoms with E-state index in [4.69, 9.17) is 0 Å². The van der Waals surface area contributed by atoms with Crippen LogP contribution in [-0.4, -0.2) is 44.7 Å². The SMILES string of the molecule is CCNCCCS(=O)(=O)N1CCCC(C)CC1. The lowest BCUT2D eigenvalue weighted by molar-refractivity contribution is 0.415. The second-order valence-corrected chi connectivity index (χ2v) is 7.05. The third-order valence-corrected chi connectivity index (χ3v) is 5.33. The molecule has 0 aromatic rings. The van der Waals surface area contributed by atoms with E-state index in [2.05, 4.69) is 12.2 Å². The molecular formula is C12H26N2O2S. The van der Waals surface area contributed by atoms with Crippen LogP contribution in [0.1, 0.15) is 39.5 Å². The van der Waals surface area contributed by atoms with Crippen molar-refractivity contribution in [2.45, 2.75) is 39.5 Å². The molecule has 0 spiro atoms. The summed E-state index contributed by atoms with van der Waals surface area (Å²) in [5, 5.41) is 3.16. The molecule has 4 nitrogen and oxygen atoms in total. The van der Waals surface area contributed by atoms with E-state index in [1.807, 2.05) is 6.92 Å². The van der Waals surface area contributed by atoms with Gasteiger partial charge in [0.25, 0.3) is 0 Å². The van der Waals surface area contributed by atoms with E-state index in [1.54, 1.807) is 4.31 Å². The number of nitrogens with one attached hydrogen (secondary N) is 1. The van der Waals surface area contributed by atoms with Gasteiger partial charge in [0.05, 0.1) is 5.75 Å². The fourth-order valence-electron chi connectivity index (χ4n) is 2.20. The Morgan fingerprint density at radius 1 is 1.29 bits per heavy atom. The molecule has 0 aromatic heterocycles. The lowest BCUT2D eigenvalue weighted by Crippen LogP contribution is -2.34. The van der Waals surface area contributed by atoms with Gasteiger partial charge in [-0.15, -0.1) is 0 Å². The van der Waals surface area contributed by atoms with E-state index in [9.17, 15) is 8.42 Å². The third-order valence-electron chi connectivity index (χ3n) is 3.37. The molecule has 1 N–H and O–H groups in total. The molecule has 1 aliphatic rings. The van der Waals surface area contributed by atoms with Crippen molar-refractivity contribution in [3.8, 4) is 0 Å². The predicted octanol–water partition coefficient (Wildman–Crippen LogP) is 1.44. The van der Waals surface area contributed by atoms with Crippen LogP contribution in [0.3, 0.4) is 0 Å². The van der Waals surface area contributed by atoms with Crippen molar-refractivity contribution in [2.24, 2.45) is 5.92 Å². The van der Waals surface area contributed by atoms with Crippen molar-refractivity contribution in [3.05, 3.63) is 0 Å². The minimum atomic E-state index is -3.02. The highest BCUT2D eigenvalue weighted by Crippen LogP contribution is 2.19. The van der Waals surface area contributed by atoms with Gasteiger partial charge in [0, 0.05) is 13.1 Å². The van der Waals surface area contributed by atoms with Gasteiger partial charge in [-0.05, 0) is 44.7 Å². The van der Waals surface area contributed by atoms with E-state index >= 15 is 0 Å². The van der Waals surface area contributed by atoms with E-state index in [-0.39, 0.29) is 5.75 Å². The zero-order valence-electron chi connectivity index (χ0n) is 11.1. The van der Waals surface area contributed by atoms with Crippen LogP contribution < -0.4 is 5.32 Å². The molecule has 1 unspecified atom stereocenters. The quantitative estimate of drug-likeness (QED) is 0.737. The first kappa shape index (κ1) is 14.9. The number of sulfonamides is 1. The fraction of sp³-hybridized carbons (Fsp3) is 1.00. The van der Waals surface area contributed by atoms with Crippen molar-refractivity contribution < 1.29 is 8.42 Å². The summed E-state index contributed by atoms with van der Waals surface area (Å²) in [6.07, 6.45) is 3.88. The summed E-state index contributed by atoms with van der Waals surface area (Å²) >= 11 is 0. The van der Waals surface area contributed by atoms with Gasteiger partial charge in [-0.1, -0.05) is 13.8 Å². The van der Waals surface area contributed by atoms with E-state index in [0.717, 1.165) is 32.4 Å². The summed E-state index contributed by atoms with van der Waals surface area (Å²) in [7, 11) is -3.02. The highest BCUT2D eigenvalue weighted by molar-refractivity contribution is 7.89. The topological polar surface area (TPSA) is 49.4 Å². The Kier molecular flexibility index (Phi) is 6.44. The van der Waals surface area contributed by atoms with Crippen LogP contribution in [0.5, 0.6) is 0 Å². The molecule has 17 heavy (non-hydrogen) atoms. The standard InChI is InChI=1S/C12H26N2O2S/c1-3-13-8-5-11-17(15,16)14-9-4-6-12(2)7-10-14/h12-13H,3-11H2,1-2H3. The van der Waals surface area contributed by atoms with Gasteiger partial charge in [-0.2, -0.15) is 0 Å². The Bertz CT molecular complexity index is 304. The van der Waals surface area contributed by atoms with Crippen LogP contribution in [0, 0.1) is 5.92 Å². The van der Waals surface area contributed by atoms with E-state index in [1.165, 1.54) is 0 Å². The van der Waals surface area contributed by atoms with Gasteiger partial charge in [-0.3, -0.25) is 0 Å². The van der Waals surface area contributed by atoms with Gasteiger partial charge in [0.2, 0.25) is 10.0 Å². The number of rotatable bonds is 6. The average molecular weight is 262 g/mol. The maximum absolute atomic E-state index is 12.1. The molecule has 102 valence electrons. The highest BCUT2D eigenvalue weighted by Gasteiger charge is 2.23. The zero-order chi connectivity index (χ0) is 12.7. The summed E-state index contributed by atoms with van der Waals surface area (Å²) in [5.74, 6) is 0.950. The molecule has 5 heteroatoms. The summed E-state index contributed by atoms with van der Waals surface area (Å²) in [4.78, 5) is 0. The third kappa shape index (κ3) is 5.36. The van der Waals surface area contributed by atoms with Gasteiger partial charge in [0.1, 0.15) is 0 Å². The number of hydrogen-bond acceptors (Lipinski definition) is 3. The summed E-state index contributed by atoms with van der Waals surface area (Å²) in [5.41, 5.74) is 0. The fourth-order valence-corrected chi connectivity index (χ4v) is 3.76. The Morgan fingerprint density at radius 3 is 2.76 bits per heavy atom. The van der Waals surface area contributed by atoms with Crippen LogP contribution in [0.4, 0.5) is 0 Å². The molecule has 1 rings (SSSR count). The second-order valence-electron chi connectivity index (χ2n) is 4.96. The van der Waals surface area contributed by atoms with Crippen LogP contribution in [0.15, 0.2) is 0 Å². The zero-order valence-corrected chi connectivity index (χ0v) is 11.9. The normalized spacial score (nSPS) is 23.5. The molecule has 1 saturated heterocycles. The lowest BCUT2D eigenvalue weighted by atomic mass is 10.0. The Labute approximate surface area is 106 Å². The second kappa shape index (κ2) is 7.34. The van der Waals surface area contributed by atoms with Crippen LogP contribution in [0.2, 0.25) is 0 Å². The first-order valence-electron chi connectivity index (χ1n) is 6.75. The maximum atomic E-state index is 12.1. The predicted molar refractivity (Wildman–Crippen MR) is 71.5 cm³/mol. The molecule has 1 fully saturated rings. The van der Waals surface area contributed by atoms with Crippen LogP contribution >= 0.6 is 0 Å². The molecule has 0 bridgehead atoms. The van der Waals surface area contributed by atoms with Crippen LogP contribution in [0.25, 0.3) is 0 Å². The van der Waals surface area contributed by atoms with Crippen molar-refractivity contribution >= 4 is 10.0 Å². The molecule has 0 radical (unpaired) electrons. The first-order chi connectivity index (χ1) is 8.06. The van der Waals surface area contributed by atoms with Gasteiger partial charge >= 0.3 is 0 Å². The van der Waals surface area contributed by atoms with Crippen molar-refractivity contribution in [3.63, 3.8) is 0 Å². The largest absolute Gasteiger partial charge is 0.317 e.